The minimum atomic E-state index is -3.66. The lowest BCUT2D eigenvalue weighted by molar-refractivity contribution is -0.114. The van der Waals surface area contributed by atoms with E-state index in [1.807, 2.05) is 6.26 Å². The van der Waals surface area contributed by atoms with Gasteiger partial charge in [-0.2, -0.15) is 11.8 Å². The van der Waals surface area contributed by atoms with Gasteiger partial charge in [-0.25, -0.2) is 13.1 Å². The zero-order valence-corrected chi connectivity index (χ0v) is 13.8. The third kappa shape index (κ3) is 5.31. The molecule has 0 saturated carbocycles. The molecule has 1 amide bonds. The molecule has 0 saturated heterocycles. The van der Waals surface area contributed by atoms with Crippen molar-refractivity contribution in [2.75, 3.05) is 18.2 Å². The topological polar surface area (TPSA) is 95.5 Å². The lowest BCUT2D eigenvalue weighted by atomic mass is 10.3. The Balaban J connectivity index is 2.85. The van der Waals surface area contributed by atoms with Crippen LogP contribution in [-0.2, 0) is 14.8 Å². The molecule has 2 atom stereocenters. The molecule has 118 valence electrons. The number of nitrogens with one attached hydrogen (secondary N) is 2. The molecule has 21 heavy (non-hydrogen) atoms. The quantitative estimate of drug-likeness (QED) is 0.693. The van der Waals surface area contributed by atoms with E-state index >= 15 is 0 Å². The lowest BCUT2D eigenvalue weighted by Gasteiger charge is -2.21. The van der Waals surface area contributed by atoms with Gasteiger partial charge in [-0.3, -0.25) is 4.79 Å². The van der Waals surface area contributed by atoms with Crippen molar-refractivity contribution in [2.24, 2.45) is 0 Å². The van der Waals surface area contributed by atoms with Crippen LogP contribution in [0.5, 0.6) is 0 Å². The van der Waals surface area contributed by atoms with Gasteiger partial charge in [-0.1, -0.05) is 0 Å². The number of rotatable bonds is 7. The minimum absolute atomic E-state index is 0.105. The predicted molar refractivity (Wildman–Crippen MR) is 84.9 cm³/mol. The molecule has 0 fully saturated rings. The molecule has 0 spiro atoms. The first-order valence-electron chi connectivity index (χ1n) is 6.33. The summed E-state index contributed by atoms with van der Waals surface area (Å²) in [5.41, 5.74) is 0.534. The molecule has 0 aliphatic heterocycles. The van der Waals surface area contributed by atoms with Crippen molar-refractivity contribution in [1.82, 2.24) is 4.72 Å². The van der Waals surface area contributed by atoms with E-state index in [1.165, 1.54) is 43.0 Å². The first-order valence-corrected chi connectivity index (χ1v) is 9.11. The van der Waals surface area contributed by atoms with Gasteiger partial charge in [0.05, 0.1) is 11.5 Å². The summed E-state index contributed by atoms with van der Waals surface area (Å²) >= 11 is 1.40. The predicted octanol–water partition coefficient (Wildman–Crippen LogP) is 1.04. The molecular formula is C13H20N2O4S2. The number of anilines is 1. The van der Waals surface area contributed by atoms with Crippen LogP contribution in [0, 0.1) is 0 Å². The Hall–Kier alpha value is -1.09. The number of hydrogen-bond donors (Lipinski definition) is 3. The second kappa shape index (κ2) is 7.79. The fourth-order valence-corrected chi connectivity index (χ4v) is 3.74. The molecule has 0 aliphatic rings. The van der Waals surface area contributed by atoms with E-state index in [-0.39, 0.29) is 22.7 Å². The molecule has 2 unspecified atom stereocenters. The largest absolute Gasteiger partial charge is 0.395 e. The Labute approximate surface area is 129 Å². The fraction of sp³-hybridized carbons (Fsp3) is 0.462. The number of hydrogen-bond acceptors (Lipinski definition) is 5. The summed E-state index contributed by atoms with van der Waals surface area (Å²) in [6.07, 6.45) is 1.81. The third-order valence-electron chi connectivity index (χ3n) is 2.87. The van der Waals surface area contributed by atoms with Crippen molar-refractivity contribution in [3.05, 3.63) is 24.3 Å². The molecule has 1 rings (SSSR count). The van der Waals surface area contributed by atoms with Crippen molar-refractivity contribution in [3.8, 4) is 0 Å². The third-order valence-corrected chi connectivity index (χ3v) is 5.60. The van der Waals surface area contributed by atoms with E-state index in [0.29, 0.717) is 5.69 Å². The van der Waals surface area contributed by atoms with Crippen LogP contribution >= 0.6 is 11.8 Å². The van der Waals surface area contributed by atoms with Crippen LogP contribution in [0.25, 0.3) is 0 Å². The Kier molecular flexibility index (Phi) is 6.66. The SMILES string of the molecule is CSC(CO)C(C)NS(=O)(=O)c1ccc(NC(C)=O)cc1. The molecule has 3 N–H and O–H groups in total. The van der Waals surface area contributed by atoms with Gasteiger partial charge in [0, 0.05) is 23.9 Å². The summed E-state index contributed by atoms with van der Waals surface area (Å²) in [6.45, 7) is 2.98. The number of aliphatic hydroxyl groups excluding tert-OH is 1. The minimum Gasteiger partial charge on any atom is -0.395 e. The maximum Gasteiger partial charge on any atom is 0.240 e. The number of amides is 1. The number of sulfonamides is 1. The molecule has 1 aromatic rings. The van der Waals surface area contributed by atoms with Crippen LogP contribution < -0.4 is 10.0 Å². The van der Waals surface area contributed by atoms with Crippen molar-refractivity contribution in [1.29, 1.82) is 0 Å². The van der Waals surface area contributed by atoms with Crippen LogP contribution in [0.3, 0.4) is 0 Å². The van der Waals surface area contributed by atoms with Gasteiger partial charge >= 0.3 is 0 Å². The normalized spacial score (nSPS) is 14.5. The van der Waals surface area contributed by atoms with Gasteiger partial charge in [0.15, 0.2) is 0 Å². The molecule has 6 nitrogen and oxygen atoms in total. The van der Waals surface area contributed by atoms with Crippen molar-refractivity contribution >= 4 is 33.4 Å². The van der Waals surface area contributed by atoms with Gasteiger partial charge in [-0.15, -0.1) is 0 Å². The van der Waals surface area contributed by atoms with Gasteiger partial charge < -0.3 is 10.4 Å². The lowest BCUT2D eigenvalue weighted by Crippen LogP contribution is -2.41. The Bertz CT molecular complexity index is 568. The number of aliphatic hydroxyl groups is 1. The first-order chi connectivity index (χ1) is 9.80. The zero-order chi connectivity index (χ0) is 16.0. The summed E-state index contributed by atoms with van der Waals surface area (Å²) in [6, 6.07) is 5.50. The van der Waals surface area contributed by atoms with Gasteiger partial charge in [-0.05, 0) is 37.4 Å². The summed E-state index contributed by atoms with van der Waals surface area (Å²) in [7, 11) is -3.66. The second-order valence-corrected chi connectivity index (χ2v) is 7.36. The Morgan fingerprint density at radius 3 is 2.33 bits per heavy atom. The van der Waals surface area contributed by atoms with Crippen molar-refractivity contribution < 1.29 is 18.3 Å². The number of thioether (sulfide) groups is 1. The first kappa shape index (κ1) is 18.0. The Morgan fingerprint density at radius 2 is 1.90 bits per heavy atom. The molecule has 1 aromatic carbocycles. The zero-order valence-electron chi connectivity index (χ0n) is 12.2. The average Bonchev–Trinajstić information content (AvgIpc) is 2.39. The molecule has 0 aromatic heterocycles. The van der Waals surface area contributed by atoms with E-state index in [1.54, 1.807) is 6.92 Å². The standard InChI is InChI=1S/C13H20N2O4S2/c1-9(13(8-16)20-3)15-21(18,19)12-6-4-11(5-7-12)14-10(2)17/h4-7,9,13,15-16H,8H2,1-3H3,(H,14,17). The Morgan fingerprint density at radius 1 is 1.33 bits per heavy atom. The van der Waals surface area contributed by atoms with Crippen LogP contribution in [-0.4, -0.2) is 43.6 Å². The van der Waals surface area contributed by atoms with Gasteiger partial charge in [0.25, 0.3) is 0 Å². The van der Waals surface area contributed by atoms with E-state index in [2.05, 4.69) is 10.0 Å². The van der Waals surface area contributed by atoms with Crippen molar-refractivity contribution in [2.45, 2.75) is 30.0 Å². The number of carbonyl (C=O) groups is 1. The number of carbonyl (C=O) groups excluding carboxylic acids is 1. The monoisotopic (exact) mass is 332 g/mol. The van der Waals surface area contributed by atoms with E-state index in [0.717, 1.165) is 0 Å². The second-order valence-electron chi connectivity index (χ2n) is 4.57. The van der Waals surface area contributed by atoms with E-state index in [9.17, 15) is 18.3 Å². The van der Waals surface area contributed by atoms with E-state index < -0.39 is 16.1 Å². The highest BCUT2D eigenvalue weighted by Crippen LogP contribution is 2.17. The van der Waals surface area contributed by atoms with Gasteiger partial charge in [0.2, 0.25) is 15.9 Å². The molecular weight excluding hydrogens is 312 g/mol. The maximum atomic E-state index is 12.2. The van der Waals surface area contributed by atoms with Crippen molar-refractivity contribution in [3.63, 3.8) is 0 Å². The molecule has 0 heterocycles. The van der Waals surface area contributed by atoms with Crippen LogP contribution in [0.1, 0.15) is 13.8 Å². The fourth-order valence-electron chi connectivity index (χ4n) is 1.75. The molecule has 0 aliphatic carbocycles. The highest BCUT2D eigenvalue weighted by molar-refractivity contribution is 7.99. The smallest absolute Gasteiger partial charge is 0.240 e. The summed E-state index contributed by atoms with van der Waals surface area (Å²) in [4.78, 5) is 11.0. The van der Waals surface area contributed by atoms with E-state index in [4.69, 9.17) is 0 Å². The molecule has 0 radical (unpaired) electrons. The van der Waals surface area contributed by atoms with Gasteiger partial charge in [0.1, 0.15) is 0 Å². The van der Waals surface area contributed by atoms with Crippen LogP contribution in [0.4, 0.5) is 5.69 Å². The van der Waals surface area contributed by atoms with Crippen LogP contribution in [0.2, 0.25) is 0 Å². The average molecular weight is 332 g/mol. The summed E-state index contributed by atoms with van der Waals surface area (Å²) in [5, 5.41) is 11.5. The summed E-state index contributed by atoms with van der Waals surface area (Å²) in [5.74, 6) is -0.219. The molecule has 0 bridgehead atoms. The molecule has 8 heteroatoms. The highest BCUT2D eigenvalue weighted by Gasteiger charge is 2.22. The highest BCUT2D eigenvalue weighted by atomic mass is 32.2. The van der Waals surface area contributed by atoms with Crippen LogP contribution in [0.15, 0.2) is 29.2 Å². The maximum absolute atomic E-state index is 12.2. The summed E-state index contributed by atoms with van der Waals surface area (Å²) < 4.78 is 27.0. The number of benzene rings is 1.